The number of amides is 1. The number of rotatable bonds is 3. The molecule has 2 N–H and O–H groups in total. The molecular weight excluding hydrogens is 285 g/mol. The molecule has 0 fully saturated rings. The van der Waals surface area contributed by atoms with E-state index in [9.17, 15) is 4.79 Å². The maximum absolute atomic E-state index is 12.2. The van der Waals surface area contributed by atoms with Crippen LogP contribution in [0.1, 0.15) is 10.4 Å². The van der Waals surface area contributed by atoms with Crippen LogP contribution in [0.4, 0.5) is 11.4 Å². The van der Waals surface area contributed by atoms with Crippen LogP contribution in [0.15, 0.2) is 36.7 Å². The Bertz CT molecular complexity index is 617. The van der Waals surface area contributed by atoms with Crippen molar-refractivity contribution in [2.24, 2.45) is 0 Å². The van der Waals surface area contributed by atoms with Gasteiger partial charge in [-0.15, -0.1) is 0 Å². The maximum Gasteiger partial charge on any atom is 0.257 e. The number of halogens is 2. The van der Waals surface area contributed by atoms with Gasteiger partial charge >= 0.3 is 0 Å². The highest BCUT2D eigenvalue weighted by atomic mass is 35.5. The minimum Gasteiger partial charge on any atom is -0.386 e. The molecule has 0 saturated carbocycles. The first-order valence-electron chi connectivity index (χ1n) is 5.50. The Morgan fingerprint density at radius 2 is 2.00 bits per heavy atom. The molecule has 1 amide bonds. The fourth-order valence-corrected chi connectivity index (χ4v) is 2.03. The van der Waals surface area contributed by atoms with Crippen molar-refractivity contribution in [3.05, 3.63) is 52.3 Å². The Morgan fingerprint density at radius 1 is 1.21 bits per heavy atom. The third kappa shape index (κ3) is 3.16. The predicted molar refractivity (Wildman–Crippen MR) is 78.2 cm³/mol. The fraction of sp³-hybridized carbons (Fsp3) is 0.0769. The number of hydrogen-bond acceptors (Lipinski definition) is 3. The second-order valence-electron chi connectivity index (χ2n) is 3.75. The average molecular weight is 296 g/mol. The largest absolute Gasteiger partial charge is 0.386 e. The second kappa shape index (κ2) is 5.91. The highest BCUT2D eigenvalue weighted by Crippen LogP contribution is 2.26. The van der Waals surface area contributed by atoms with E-state index in [1.165, 1.54) is 0 Å². The normalized spacial score (nSPS) is 10.1. The lowest BCUT2D eigenvalue weighted by atomic mass is 10.2. The number of nitrogens with zero attached hydrogens (tertiary/aromatic N) is 1. The molecule has 4 nitrogen and oxygen atoms in total. The molecule has 19 heavy (non-hydrogen) atoms. The molecule has 0 aliphatic carbocycles. The third-order valence-electron chi connectivity index (χ3n) is 2.51. The lowest BCUT2D eigenvalue weighted by Gasteiger charge is -2.10. The number of pyridine rings is 1. The first-order valence-corrected chi connectivity index (χ1v) is 6.25. The van der Waals surface area contributed by atoms with E-state index in [1.54, 1.807) is 43.7 Å². The van der Waals surface area contributed by atoms with Gasteiger partial charge in [0.2, 0.25) is 0 Å². The van der Waals surface area contributed by atoms with E-state index in [4.69, 9.17) is 23.2 Å². The van der Waals surface area contributed by atoms with Crippen LogP contribution in [0, 0.1) is 0 Å². The zero-order chi connectivity index (χ0) is 13.8. The summed E-state index contributed by atoms with van der Waals surface area (Å²) in [6.07, 6.45) is 3.14. The summed E-state index contributed by atoms with van der Waals surface area (Å²) in [5.74, 6) is -0.268. The molecule has 0 atom stereocenters. The van der Waals surface area contributed by atoms with Gasteiger partial charge in [-0.2, -0.15) is 0 Å². The van der Waals surface area contributed by atoms with E-state index >= 15 is 0 Å². The summed E-state index contributed by atoms with van der Waals surface area (Å²) in [4.78, 5) is 16.1. The summed E-state index contributed by atoms with van der Waals surface area (Å²) in [6.45, 7) is 0. The molecule has 0 saturated heterocycles. The van der Waals surface area contributed by atoms with Crippen molar-refractivity contribution in [3.63, 3.8) is 0 Å². The van der Waals surface area contributed by atoms with Crippen molar-refractivity contribution in [3.8, 4) is 0 Å². The SMILES string of the molecule is CNc1cnccc1C(=O)Nc1ccc(Cl)cc1Cl. The number of carbonyl (C=O) groups is 1. The highest BCUT2D eigenvalue weighted by Gasteiger charge is 2.12. The number of anilines is 2. The predicted octanol–water partition coefficient (Wildman–Crippen LogP) is 3.68. The summed E-state index contributed by atoms with van der Waals surface area (Å²) in [7, 11) is 1.73. The van der Waals surface area contributed by atoms with E-state index in [0.717, 1.165) is 0 Å². The number of hydrogen-bond donors (Lipinski definition) is 2. The molecule has 1 aromatic carbocycles. The molecule has 98 valence electrons. The molecule has 0 spiro atoms. The van der Waals surface area contributed by atoms with Gasteiger partial charge < -0.3 is 10.6 Å². The lowest BCUT2D eigenvalue weighted by Crippen LogP contribution is -2.14. The summed E-state index contributed by atoms with van der Waals surface area (Å²) < 4.78 is 0. The Balaban J connectivity index is 2.26. The van der Waals surface area contributed by atoms with Crippen LogP contribution < -0.4 is 10.6 Å². The van der Waals surface area contributed by atoms with Gasteiger partial charge in [0.25, 0.3) is 5.91 Å². The van der Waals surface area contributed by atoms with E-state index < -0.39 is 0 Å². The molecule has 0 aliphatic heterocycles. The van der Waals surface area contributed by atoms with E-state index in [2.05, 4.69) is 15.6 Å². The van der Waals surface area contributed by atoms with Crippen LogP contribution in [0.2, 0.25) is 10.0 Å². The Kier molecular flexibility index (Phi) is 4.24. The number of carbonyl (C=O) groups excluding carboxylic acids is 1. The first-order chi connectivity index (χ1) is 9.11. The Labute approximate surface area is 120 Å². The summed E-state index contributed by atoms with van der Waals surface area (Å²) in [5, 5.41) is 6.55. The summed E-state index contributed by atoms with van der Waals surface area (Å²) >= 11 is 11.8. The Morgan fingerprint density at radius 3 is 2.68 bits per heavy atom. The van der Waals surface area contributed by atoms with E-state index in [-0.39, 0.29) is 5.91 Å². The van der Waals surface area contributed by atoms with Gasteiger partial charge in [-0.1, -0.05) is 23.2 Å². The van der Waals surface area contributed by atoms with Gasteiger partial charge in [-0.05, 0) is 24.3 Å². The van der Waals surface area contributed by atoms with Gasteiger partial charge in [-0.3, -0.25) is 9.78 Å². The minimum atomic E-state index is -0.268. The summed E-state index contributed by atoms with van der Waals surface area (Å²) in [6, 6.07) is 6.52. The zero-order valence-corrected chi connectivity index (χ0v) is 11.6. The van der Waals surface area contributed by atoms with Crippen molar-refractivity contribution >= 4 is 40.5 Å². The second-order valence-corrected chi connectivity index (χ2v) is 4.59. The first kappa shape index (κ1) is 13.6. The minimum absolute atomic E-state index is 0.268. The molecule has 1 aromatic heterocycles. The third-order valence-corrected chi connectivity index (χ3v) is 3.06. The molecule has 6 heteroatoms. The van der Waals surface area contributed by atoms with Crippen molar-refractivity contribution in [2.75, 3.05) is 17.7 Å². The van der Waals surface area contributed by atoms with Crippen molar-refractivity contribution in [1.29, 1.82) is 0 Å². The lowest BCUT2D eigenvalue weighted by molar-refractivity contribution is 0.102. The van der Waals surface area contributed by atoms with Crippen molar-refractivity contribution in [1.82, 2.24) is 4.98 Å². The van der Waals surface area contributed by atoms with Gasteiger partial charge in [0, 0.05) is 18.3 Å². The van der Waals surface area contributed by atoms with Gasteiger partial charge in [-0.25, -0.2) is 0 Å². The van der Waals surface area contributed by atoms with Crippen LogP contribution in [-0.4, -0.2) is 17.9 Å². The van der Waals surface area contributed by atoms with Gasteiger partial charge in [0.15, 0.2) is 0 Å². The molecule has 0 unspecified atom stereocenters. The fourth-order valence-electron chi connectivity index (χ4n) is 1.57. The van der Waals surface area contributed by atoms with Crippen LogP contribution >= 0.6 is 23.2 Å². The molecule has 0 radical (unpaired) electrons. The molecule has 2 aromatic rings. The van der Waals surface area contributed by atoms with Crippen LogP contribution in [-0.2, 0) is 0 Å². The average Bonchev–Trinajstić information content (AvgIpc) is 2.41. The topological polar surface area (TPSA) is 54.0 Å². The number of benzene rings is 1. The number of nitrogens with one attached hydrogen (secondary N) is 2. The smallest absolute Gasteiger partial charge is 0.257 e. The monoisotopic (exact) mass is 295 g/mol. The van der Waals surface area contributed by atoms with Crippen LogP contribution in [0.3, 0.4) is 0 Å². The van der Waals surface area contributed by atoms with Crippen LogP contribution in [0.5, 0.6) is 0 Å². The molecule has 2 rings (SSSR count). The summed E-state index contributed by atoms with van der Waals surface area (Å²) in [5.41, 5.74) is 1.64. The highest BCUT2D eigenvalue weighted by molar-refractivity contribution is 6.36. The molecule has 0 aliphatic rings. The van der Waals surface area contributed by atoms with Gasteiger partial charge in [0.05, 0.1) is 28.2 Å². The Hall–Kier alpha value is -1.78. The van der Waals surface area contributed by atoms with Crippen LogP contribution in [0.25, 0.3) is 0 Å². The molecular formula is C13H11Cl2N3O. The zero-order valence-electron chi connectivity index (χ0n) is 10.1. The number of aromatic nitrogens is 1. The maximum atomic E-state index is 12.2. The quantitative estimate of drug-likeness (QED) is 0.908. The van der Waals surface area contributed by atoms with E-state index in [1.807, 2.05) is 0 Å². The van der Waals surface area contributed by atoms with Gasteiger partial charge in [0.1, 0.15) is 0 Å². The van der Waals surface area contributed by atoms with Crippen molar-refractivity contribution in [2.45, 2.75) is 0 Å². The van der Waals surface area contributed by atoms with E-state index in [0.29, 0.717) is 27.0 Å². The van der Waals surface area contributed by atoms with Crippen molar-refractivity contribution < 1.29 is 4.79 Å². The molecule has 0 bridgehead atoms. The standard InChI is InChI=1S/C13H11Cl2N3O/c1-16-12-7-17-5-4-9(12)13(19)18-11-3-2-8(14)6-10(11)15/h2-7,16H,1H3,(H,18,19). The molecule has 1 heterocycles.